The summed E-state index contributed by atoms with van der Waals surface area (Å²) >= 11 is 5.88. The molecular weight excluding hydrogens is 326 g/mol. The molecule has 0 radical (unpaired) electrons. The van der Waals surface area contributed by atoms with E-state index in [1.165, 1.54) is 0 Å². The standard InChI is InChI=1S/C18H24ClN3O2/c19-16-5-3-14(4-6-16)17(23)21-8-1-2-15(12-21)18(24)22-9-7-13(10-20)11-22/h3-6,13,15H,1-2,7-12,20H2. The lowest BCUT2D eigenvalue weighted by Crippen LogP contribution is -2.46. The molecule has 2 N–H and O–H groups in total. The molecule has 0 saturated carbocycles. The molecule has 0 spiro atoms. The van der Waals surface area contributed by atoms with Gasteiger partial charge in [0.05, 0.1) is 5.92 Å². The van der Waals surface area contributed by atoms with Crippen LogP contribution in [-0.2, 0) is 4.79 Å². The number of hydrogen-bond acceptors (Lipinski definition) is 3. The van der Waals surface area contributed by atoms with E-state index >= 15 is 0 Å². The topological polar surface area (TPSA) is 66.6 Å². The summed E-state index contributed by atoms with van der Waals surface area (Å²) < 4.78 is 0. The Morgan fingerprint density at radius 2 is 1.83 bits per heavy atom. The third kappa shape index (κ3) is 3.73. The highest BCUT2D eigenvalue weighted by atomic mass is 35.5. The van der Waals surface area contributed by atoms with Crippen LogP contribution in [0.4, 0.5) is 0 Å². The molecule has 2 heterocycles. The Balaban J connectivity index is 1.62. The van der Waals surface area contributed by atoms with Crippen LogP contribution >= 0.6 is 11.6 Å². The minimum atomic E-state index is -0.0912. The van der Waals surface area contributed by atoms with Gasteiger partial charge in [-0.3, -0.25) is 9.59 Å². The largest absolute Gasteiger partial charge is 0.342 e. The van der Waals surface area contributed by atoms with Crippen LogP contribution in [0.5, 0.6) is 0 Å². The maximum absolute atomic E-state index is 12.7. The SMILES string of the molecule is NCC1CCN(C(=O)C2CCCN(C(=O)c3ccc(Cl)cc3)C2)C1. The Bertz CT molecular complexity index is 605. The summed E-state index contributed by atoms with van der Waals surface area (Å²) in [5.41, 5.74) is 6.33. The number of benzene rings is 1. The van der Waals surface area contributed by atoms with Gasteiger partial charge in [-0.1, -0.05) is 11.6 Å². The molecule has 24 heavy (non-hydrogen) atoms. The summed E-state index contributed by atoms with van der Waals surface area (Å²) in [6.07, 6.45) is 2.71. The summed E-state index contributed by atoms with van der Waals surface area (Å²) in [6, 6.07) is 6.92. The lowest BCUT2D eigenvalue weighted by Gasteiger charge is -2.34. The van der Waals surface area contributed by atoms with Crippen molar-refractivity contribution < 1.29 is 9.59 Å². The highest BCUT2D eigenvalue weighted by Crippen LogP contribution is 2.24. The summed E-state index contributed by atoms with van der Waals surface area (Å²) in [4.78, 5) is 29.1. The maximum Gasteiger partial charge on any atom is 0.253 e. The number of likely N-dealkylation sites (tertiary alicyclic amines) is 2. The maximum atomic E-state index is 12.7. The van der Waals surface area contributed by atoms with E-state index in [0.717, 1.165) is 32.4 Å². The fraction of sp³-hybridized carbons (Fsp3) is 0.556. The van der Waals surface area contributed by atoms with Gasteiger partial charge in [0.15, 0.2) is 0 Å². The second-order valence-electron chi connectivity index (χ2n) is 6.77. The number of nitrogens with zero attached hydrogens (tertiary/aromatic N) is 2. The van der Waals surface area contributed by atoms with Gasteiger partial charge in [0.25, 0.3) is 5.91 Å². The predicted octanol–water partition coefficient (Wildman–Crippen LogP) is 2.00. The van der Waals surface area contributed by atoms with E-state index in [1.807, 2.05) is 4.90 Å². The first-order chi connectivity index (χ1) is 11.6. The molecule has 3 rings (SSSR count). The van der Waals surface area contributed by atoms with Crippen LogP contribution in [0.15, 0.2) is 24.3 Å². The number of piperidine rings is 1. The van der Waals surface area contributed by atoms with Crippen LogP contribution in [0.1, 0.15) is 29.6 Å². The third-order valence-electron chi connectivity index (χ3n) is 5.08. The first-order valence-corrected chi connectivity index (χ1v) is 9.00. The van der Waals surface area contributed by atoms with Crippen LogP contribution in [-0.4, -0.2) is 54.3 Å². The summed E-state index contributed by atoms with van der Waals surface area (Å²) in [7, 11) is 0. The smallest absolute Gasteiger partial charge is 0.253 e. The van der Waals surface area contributed by atoms with Crippen LogP contribution in [0.3, 0.4) is 0 Å². The molecule has 2 amide bonds. The van der Waals surface area contributed by atoms with E-state index in [9.17, 15) is 9.59 Å². The number of amides is 2. The van der Waals surface area contributed by atoms with Crippen molar-refractivity contribution >= 4 is 23.4 Å². The zero-order valence-electron chi connectivity index (χ0n) is 13.8. The molecule has 6 heteroatoms. The molecule has 1 aromatic rings. The van der Waals surface area contributed by atoms with Gasteiger partial charge in [0, 0.05) is 36.8 Å². The Kier molecular flexibility index (Phi) is 5.41. The van der Waals surface area contributed by atoms with Gasteiger partial charge in [0.2, 0.25) is 5.91 Å². The molecular formula is C18H24ClN3O2. The van der Waals surface area contributed by atoms with Gasteiger partial charge < -0.3 is 15.5 Å². The van der Waals surface area contributed by atoms with Gasteiger partial charge in [-0.25, -0.2) is 0 Å². The summed E-state index contributed by atoms with van der Waals surface area (Å²) in [5.74, 6) is 0.487. The molecule has 2 aliphatic rings. The van der Waals surface area contributed by atoms with Gasteiger partial charge in [-0.2, -0.15) is 0 Å². The molecule has 0 aromatic heterocycles. The van der Waals surface area contributed by atoms with E-state index < -0.39 is 0 Å². The summed E-state index contributed by atoms with van der Waals surface area (Å²) in [5, 5.41) is 0.613. The van der Waals surface area contributed by atoms with Crippen molar-refractivity contribution in [2.24, 2.45) is 17.6 Å². The molecule has 2 aliphatic heterocycles. The van der Waals surface area contributed by atoms with Crippen molar-refractivity contribution in [3.8, 4) is 0 Å². The quantitative estimate of drug-likeness (QED) is 0.907. The number of carbonyl (C=O) groups excluding carboxylic acids is 2. The fourth-order valence-corrected chi connectivity index (χ4v) is 3.75. The highest BCUT2D eigenvalue weighted by Gasteiger charge is 2.34. The average Bonchev–Trinajstić information content (AvgIpc) is 3.10. The number of carbonyl (C=O) groups is 2. The highest BCUT2D eigenvalue weighted by molar-refractivity contribution is 6.30. The molecule has 2 fully saturated rings. The number of halogens is 1. The molecule has 5 nitrogen and oxygen atoms in total. The van der Waals surface area contributed by atoms with Gasteiger partial charge in [0.1, 0.15) is 0 Å². The number of rotatable bonds is 3. The van der Waals surface area contributed by atoms with Crippen LogP contribution in [0, 0.1) is 11.8 Å². The third-order valence-corrected chi connectivity index (χ3v) is 5.33. The lowest BCUT2D eigenvalue weighted by molar-refractivity contribution is -0.136. The zero-order valence-corrected chi connectivity index (χ0v) is 14.5. The van der Waals surface area contributed by atoms with E-state index in [-0.39, 0.29) is 17.7 Å². The van der Waals surface area contributed by atoms with E-state index in [0.29, 0.717) is 36.1 Å². The van der Waals surface area contributed by atoms with Crippen LogP contribution < -0.4 is 5.73 Å². The number of hydrogen-bond donors (Lipinski definition) is 1. The predicted molar refractivity (Wildman–Crippen MR) is 93.8 cm³/mol. The van der Waals surface area contributed by atoms with Crippen molar-refractivity contribution in [2.45, 2.75) is 19.3 Å². The van der Waals surface area contributed by atoms with Crippen LogP contribution in [0.2, 0.25) is 5.02 Å². The molecule has 0 bridgehead atoms. The van der Waals surface area contributed by atoms with Crippen LogP contribution in [0.25, 0.3) is 0 Å². The molecule has 130 valence electrons. The second kappa shape index (κ2) is 7.53. The normalized spacial score (nSPS) is 24.2. The molecule has 0 aliphatic carbocycles. The zero-order chi connectivity index (χ0) is 17.1. The molecule has 2 unspecified atom stereocenters. The van der Waals surface area contributed by atoms with Crippen molar-refractivity contribution in [1.29, 1.82) is 0 Å². The van der Waals surface area contributed by atoms with E-state index in [4.69, 9.17) is 17.3 Å². The molecule has 1 aromatic carbocycles. The van der Waals surface area contributed by atoms with Crippen molar-refractivity contribution in [1.82, 2.24) is 9.80 Å². The van der Waals surface area contributed by atoms with Crippen molar-refractivity contribution in [3.63, 3.8) is 0 Å². The van der Waals surface area contributed by atoms with Crippen molar-refractivity contribution in [2.75, 3.05) is 32.7 Å². The molecule has 2 saturated heterocycles. The average molecular weight is 350 g/mol. The first kappa shape index (κ1) is 17.2. The monoisotopic (exact) mass is 349 g/mol. The van der Waals surface area contributed by atoms with E-state index in [1.54, 1.807) is 29.2 Å². The number of nitrogens with two attached hydrogens (primary N) is 1. The Hall–Kier alpha value is -1.59. The second-order valence-corrected chi connectivity index (χ2v) is 7.21. The van der Waals surface area contributed by atoms with E-state index in [2.05, 4.69) is 0 Å². The first-order valence-electron chi connectivity index (χ1n) is 8.62. The summed E-state index contributed by atoms with van der Waals surface area (Å²) in [6.45, 7) is 3.40. The van der Waals surface area contributed by atoms with Gasteiger partial charge >= 0.3 is 0 Å². The minimum Gasteiger partial charge on any atom is -0.342 e. The minimum absolute atomic E-state index is 0.0228. The molecule has 2 atom stereocenters. The Morgan fingerprint density at radius 3 is 2.50 bits per heavy atom. The van der Waals surface area contributed by atoms with Crippen molar-refractivity contribution in [3.05, 3.63) is 34.9 Å². The fourth-order valence-electron chi connectivity index (χ4n) is 3.62. The Morgan fingerprint density at radius 1 is 1.08 bits per heavy atom. The Labute approximate surface area is 147 Å². The van der Waals surface area contributed by atoms with Gasteiger partial charge in [-0.15, -0.1) is 0 Å². The lowest BCUT2D eigenvalue weighted by atomic mass is 9.96. The van der Waals surface area contributed by atoms with Gasteiger partial charge in [-0.05, 0) is 56.0 Å².